The molecule has 15 heavy (non-hydrogen) atoms. The van der Waals surface area contributed by atoms with Gasteiger partial charge in [0.1, 0.15) is 11.9 Å². The summed E-state index contributed by atoms with van der Waals surface area (Å²) >= 11 is 1.94. The molecule has 1 aromatic carbocycles. The zero-order valence-corrected chi connectivity index (χ0v) is 9.30. The molecule has 0 bridgehead atoms. The smallest absolute Gasteiger partial charge is 0.119 e. The van der Waals surface area contributed by atoms with Gasteiger partial charge in [0.15, 0.2) is 0 Å². The van der Waals surface area contributed by atoms with E-state index in [9.17, 15) is 0 Å². The fourth-order valence-corrected chi connectivity index (χ4v) is 2.67. The molecule has 0 amide bonds. The fraction of sp³-hybridized carbons (Fsp3) is 0.417. The molecule has 1 heterocycles. The van der Waals surface area contributed by atoms with Crippen LogP contribution in [-0.4, -0.2) is 17.6 Å². The summed E-state index contributed by atoms with van der Waals surface area (Å²) < 4.78 is 5.80. The van der Waals surface area contributed by atoms with Gasteiger partial charge in [-0.25, -0.2) is 0 Å². The number of hydrogen-bond acceptors (Lipinski definition) is 3. The third-order valence-electron chi connectivity index (χ3n) is 2.40. The summed E-state index contributed by atoms with van der Waals surface area (Å²) in [5.41, 5.74) is 1.05. The van der Waals surface area contributed by atoms with Crippen LogP contribution in [0.2, 0.25) is 0 Å². The van der Waals surface area contributed by atoms with E-state index in [4.69, 9.17) is 10.00 Å². The fourth-order valence-electron chi connectivity index (χ4n) is 1.58. The molecule has 2 nitrogen and oxygen atoms in total. The van der Waals surface area contributed by atoms with Crippen molar-refractivity contribution in [3.63, 3.8) is 0 Å². The van der Waals surface area contributed by atoms with Gasteiger partial charge < -0.3 is 4.74 Å². The van der Waals surface area contributed by atoms with Gasteiger partial charge in [0.05, 0.1) is 12.5 Å². The Balaban J connectivity index is 1.94. The predicted octanol–water partition coefficient (Wildman–Crippen LogP) is 2.64. The molecule has 0 saturated carbocycles. The Hall–Kier alpha value is -1.14. The molecule has 0 aromatic heterocycles. The van der Waals surface area contributed by atoms with E-state index in [1.54, 1.807) is 0 Å². The molecule has 1 atom stereocenters. The van der Waals surface area contributed by atoms with Crippen molar-refractivity contribution in [3.8, 4) is 11.8 Å². The van der Waals surface area contributed by atoms with Crippen molar-refractivity contribution in [2.75, 3.05) is 11.5 Å². The van der Waals surface area contributed by atoms with Crippen LogP contribution in [0.5, 0.6) is 5.75 Å². The van der Waals surface area contributed by atoms with Gasteiger partial charge in [-0.2, -0.15) is 17.0 Å². The van der Waals surface area contributed by atoms with Crippen LogP contribution in [0.15, 0.2) is 24.3 Å². The lowest BCUT2D eigenvalue weighted by molar-refractivity contribution is 0.229. The van der Waals surface area contributed by atoms with Gasteiger partial charge in [-0.1, -0.05) is 12.1 Å². The summed E-state index contributed by atoms with van der Waals surface area (Å²) in [7, 11) is 0. The van der Waals surface area contributed by atoms with Crippen molar-refractivity contribution in [3.05, 3.63) is 29.8 Å². The zero-order chi connectivity index (χ0) is 10.5. The Kier molecular flexibility index (Phi) is 3.52. The topological polar surface area (TPSA) is 33.0 Å². The molecule has 1 aliphatic rings. The van der Waals surface area contributed by atoms with Gasteiger partial charge in [0.2, 0.25) is 0 Å². The van der Waals surface area contributed by atoms with Gasteiger partial charge in [-0.15, -0.1) is 0 Å². The number of benzene rings is 1. The number of hydrogen-bond donors (Lipinski definition) is 0. The lowest BCUT2D eigenvalue weighted by atomic mass is 10.1. The van der Waals surface area contributed by atoms with Gasteiger partial charge >= 0.3 is 0 Å². The number of rotatable bonds is 3. The first-order valence-electron chi connectivity index (χ1n) is 5.09. The van der Waals surface area contributed by atoms with Crippen LogP contribution >= 0.6 is 11.8 Å². The predicted molar refractivity (Wildman–Crippen MR) is 62.1 cm³/mol. The molecule has 0 radical (unpaired) electrons. The van der Waals surface area contributed by atoms with Crippen LogP contribution in [0.25, 0.3) is 0 Å². The third kappa shape index (κ3) is 2.90. The Morgan fingerprint density at radius 1 is 1.40 bits per heavy atom. The van der Waals surface area contributed by atoms with Gasteiger partial charge in [-0.3, -0.25) is 0 Å². The van der Waals surface area contributed by atoms with Crippen LogP contribution in [-0.2, 0) is 6.42 Å². The molecule has 1 fully saturated rings. The summed E-state index contributed by atoms with van der Waals surface area (Å²) in [6.45, 7) is 0. The van der Waals surface area contributed by atoms with E-state index in [1.165, 1.54) is 5.75 Å². The highest BCUT2D eigenvalue weighted by atomic mass is 32.2. The van der Waals surface area contributed by atoms with Gasteiger partial charge in [0.25, 0.3) is 0 Å². The summed E-state index contributed by atoms with van der Waals surface area (Å²) in [6.07, 6.45) is 1.99. The monoisotopic (exact) mass is 219 g/mol. The molecule has 1 aliphatic heterocycles. The van der Waals surface area contributed by atoms with Crippen molar-refractivity contribution >= 4 is 11.8 Å². The summed E-state index contributed by atoms with van der Waals surface area (Å²) in [5, 5.41) is 8.53. The Morgan fingerprint density at radius 2 is 2.20 bits per heavy atom. The second-order valence-corrected chi connectivity index (χ2v) is 4.73. The average Bonchev–Trinajstić information content (AvgIpc) is 2.74. The molecule has 1 aromatic rings. The SMILES string of the molecule is N#CCc1ccc(OC2CCSC2)cc1. The van der Waals surface area contributed by atoms with Crippen LogP contribution in [0, 0.1) is 11.3 Å². The molecule has 78 valence electrons. The number of thioether (sulfide) groups is 1. The summed E-state index contributed by atoms with van der Waals surface area (Å²) in [6, 6.07) is 9.96. The first-order valence-corrected chi connectivity index (χ1v) is 6.24. The number of nitriles is 1. The second-order valence-electron chi connectivity index (χ2n) is 3.58. The van der Waals surface area contributed by atoms with E-state index in [-0.39, 0.29) is 0 Å². The Bertz CT molecular complexity index is 349. The van der Waals surface area contributed by atoms with Gasteiger partial charge in [0, 0.05) is 5.75 Å². The molecular formula is C12H13NOS. The molecule has 0 spiro atoms. The molecule has 0 aliphatic carbocycles. The minimum atomic E-state index is 0.372. The second kappa shape index (κ2) is 5.09. The normalized spacial score (nSPS) is 19.8. The third-order valence-corrected chi connectivity index (χ3v) is 3.53. The minimum absolute atomic E-state index is 0.372. The van der Waals surface area contributed by atoms with E-state index in [2.05, 4.69) is 6.07 Å². The minimum Gasteiger partial charge on any atom is -0.490 e. The maximum Gasteiger partial charge on any atom is 0.119 e. The highest BCUT2D eigenvalue weighted by molar-refractivity contribution is 7.99. The van der Waals surface area contributed by atoms with E-state index < -0.39 is 0 Å². The molecule has 1 saturated heterocycles. The van der Waals surface area contributed by atoms with Crippen LogP contribution in [0.1, 0.15) is 12.0 Å². The lowest BCUT2D eigenvalue weighted by Crippen LogP contribution is -2.14. The van der Waals surface area contributed by atoms with Crippen LogP contribution < -0.4 is 4.74 Å². The maximum absolute atomic E-state index is 8.53. The van der Waals surface area contributed by atoms with E-state index in [1.807, 2.05) is 36.0 Å². The molecule has 1 unspecified atom stereocenters. The Labute approximate surface area is 94.2 Å². The molecule has 3 heteroatoms. The van der Waals surface area contributed by atoms with Crippen LogP contribution in [0.3, 0.4) is 0 Å². The average molecular weight is 219 g/mol. The Morgan fingerprint density at radius 3 is 2.80 bits per heavy atom. The summed E-state index contributed by atoms with van der Waals surface area (Å²) in [4.78, 5) is 0. The zero-order valence-electron chi connectivity index (χ0n) is 8.48. The number of nitrogens with zero attached hydrogens (tertiary/aromatic N) is 1. The van der Waals surface area contributed by atoms with E-state index in [0.29, 0.717) is 12.5 Å². The lowest BCUT2D eigenvalue weighted by Gasteiger charge is -2.12. The van der Waals surface area contributed by atoms with Crippen LogP contribution in [0.4, 0.5) is 0 Å². The van der Waals surface area contributed by atoms with Crippen molar-refractivity contribution in [2.24, 2.45) is 0 Å². The quantitative estimate of drug-likeness (QED) is 0.783. The van der Waals surface area contributed by atoms with Gasteiger partial charge in [-0.05, 0) is 29.9 Å². The first-order chi connectivity index (χ1) is 7.38. The molecule has 0 N–H and O–H groups in total. The maximum atomic E-state index is 8.53. The van der Waals surface area contributed by atoms with Crippen molar-refractivity contribution in [2.45, 2.75) is 18.9 Å². The van der Waals surface area contributed by atoms with Crippen molar-refractivity contribution in [1.29, 1.82) is 5.26 Å². The number of ether oxygens (including phenoxy) is 1. The van der Waals surface area contributed by atoms with Crippen molar-refractivity contribution in [1.82, 2.24) is 0 Å². The summed E-state index contributed by atoms with van der Waals surface area (Å²) in [5.74, 6) is 3.22. The molecular weight excluding hydrogens is 206 g/mol. The largest absolute Gasteiger partial charge is 0.490 e. The molecule has 2 rings (SSSR count). The highest BCUT2D eigenvalue weighted by Crippen LogP contribution is 2.23. The standard InChI is InChI=1S/C12H13NOS/c13-7-5-10-1-3-11(4-2-10)14-12-6-8-15-9-12/h1-4,12H,5-6,8-9H2. The van der Waals surface area contributed by atoms with E-state index in [0.717, 1.165) is 23.5 Å². The first kappa shape index (κ1) is 10.4. The van der Waals surface area contributed by atoms with E-state index >= 15 is 0 Å². The highest BCUT2D eigenvalue weighted by Gasteiger charge is 2.16. The van der Waals surface area contributed by atoms with Crippen molar-refractivity contribution < 1.29 is 4.74 Å².